The smallest absolute Gasteiger partial charge is 0.356 e. The van der Waals surface area contributed by atoms with E-state index in [1.165, 1.54) is 0 Å². The van der Waals surface area contributed by atoms with E-state index in [0.717, 1.165) is 11.3 Å². The maximum atomic E-state index is 11.2. The number of nitrogens with zero attached hydrogens (tertiary/aromatic N) is 3. The Bertz CT molecular complexity index is 828. The second-order valence-electron chi connectivity index (χ2n) is 5.29. The fourth-order valence-electron chi connectivity index (χ4n) is 2.02. The van der Waals surface area contributed by atoms with E-state index in [0.29, 0.717) is 23.6 Å². The summed E-state index contributed by atoms with van der Waals surface area (Å²) in [4.78, 5) is 11.2. The van der Waals surface area contributed by atoms with Gasteiger partial charge in [-0.2, -0.15) is 10.4 Å². The van der Waals surface area contributed by atoms with Gasteiger partial charge in [0.15, 0.2) is 5.69 Å². The monoisotopic (exact) mass is 389 g/mol. The first-order valence-electron chi connectivity index (χ1n) is 7.86. The van der Waals surface area contributed by atoms with Crippen LogP contribution in [0.1, 0.15) is 35.9 Å². The molecule has 0 saturated heterocycles. The lowest BCUT2D eigenvalue weighted by Gasteiger charge is -2.10. The van der Waals surface area contributed by atoms with E-state index in [1.807, 2.05) is 31.2 Å². The van der Waals surface area contributed by atoms with E-state index < -0.39 is 5.97 Å². The first-order chi connectivity index (χ1) is 12.3. The van der Waals surface area contributed by atoms with E-state index in [9.17, 15) is 4.79 Å². The third-order valence-electron chi connectivity index (χ3n) is 3.31. The number of aromatic carboxylic acids is 1. The predicted octanol–water partition coefficient (Wildman–Crippen LogP) is 4.87. The largest absolute Gasteiger partial charge is 0.476 e. The van der Waals surface area contributed by atoms with E-state index in [-0.39, 0.29) is 11.4 Å². The van der Waals surface area contributed by atoms with Crippen molar-refractivity contribution in [2.75, 3.05) is 0 Å². The van der Waals surface area contributed by atoms with Crippen LogP contribution in [0.2, 0.25) is 0 Å². The highest BCUT2D eigenvalue weighted by atomic mass is 35.5. The van der Waals surface area contributed by atoms with Crippen LogP contribution >= 0.6 is 20.8 Å². The van der Waals surface area contributed by atoms with Gasteiger partial charge in [0, 0.05) is 16.4 Å². The fourth-order valence-corrected chi connectivity index (χ4v) is 2.53. The lowest BCUT2D eigenvalue weighted by Crippen LogP contribution is -2.04. The number of hydrogen-bond acceptors (Lipinski definition) is 3. The summed E-state index contributed by atoms with van der Waals surface area (Å²) in [5.41, 5.74) is 2.31. The SMILES string of the molecule is C=C(CC)n1nc(C(=O)O)cc1C1=CC(P)C=CC(Cl)=C1.C=CCC#N. The Kier molecular flexibility index (Phi) is 8.78. The molecule has 5 nitrogen and oxygen atoms in total. The van der Waals surface area contributed by atoms with Crippen LogP contribution in [0.5, 0.6) is 0 Å². The molecule has 0 fully saturated rings. The van der Waals surface area contributed by atoms with Gasteiger partial charge in [0.1, 0.15) is 0 Å². The molecule has 0 spiro atoms. The highest BCUT2D eigenvalue weighted by molar-refractivity contribution is 7.18. The first kappa shape index (κ1) is 21.6. The van der Waals surface area contributed by atoms with E-state index in [1.54, 1.807) is 22.9 Å². The Morgan fingerprint density at radius 1 is 1.62 bits per heavy atom. The third-order valence-corrected chi connectivity index (χ3v) is 3.96. The maximum Gasteiger partial charge on any atom is 0.356 e. The number of carboxylic acid groups (broad SMARTS) is 1. The molecule has 0 radical (unpaired) electrons. The zero-order chi connectivity index (χ0) is 19.7. The number of carbonyl (C=O) groups is 1. The topological polar surface area (TPSA) is 78.9 Å². The molecule has 1 N–H and O–H groups in total. The van der Waals surface area contributed by atoms with E-state index in [2.05, 4.69) is 27.5 Å². The van der Waals surface area contributed by atoms with Crippen molar-refractivity contribution in [3.8, 4) is 6.07 Å². The molecule has 1 aliphatic rings. The molecular weight excluding hydrogens is 369 g/mol. The van der Waals surface area contributed by atoms with Gasteiger partial charge in [-0.1, -0.05) is 43.3 Å². The summed E-state index contributed by atoms with van der Waals surface area (Å²) >= 11 is 6.12. The summed E-state index contributed by atoms with van der Waals surface area (Å²) in [5.74, 6) is -1.07. The number of allylic oxidation sites excluding steroid dienone is 8. The summed E-state index contributed by atoms with van der Waals surface area (Å²) in [6.45, 7) is 9.21. The Balaban J connectivity index is 0.000000597. The van der Waals surface area contributed by atoms with Gasteiger partial charge in [-0.25, -0.2) is 9.48 Å². The van der Waals surface area contributed by atoms with Crippen LogP contribution < -0.4 is 0 Å². The molecule has 0 saturated carbocycles. The molecule has 1 aliphatic carbocycles. The molecule has 0 aliphatic heterocycles. The van der Waals surface area contributed by atoms with Crippen LogP contribution in [0, 0.1) is 11.3 Å². The zero-order valence-electron chi connectivity index (χ0n) is 14.5. The second kappa shape index (κ2) is 10.6. The van der Waals surface area contributed by atoms with Crippen LogP contribution in [0.15, 0.2) is 54.6 Å². The molecule has 136 valence electrons. The lowest BCUT2D eigenvalue weighted by molar-refractivity contribution is 0.0690. The maximum absolute atomic E-state index is 11.2. The summed E-state index contributed by atoms with van der Waals surface area (Å²) < 4.78 is 1.57. The van der Waals surface area contributed by atoms with Crippen molar-refractivity contribution in [3.63, 3.8) is 0 Å². The van der Waals surface area contributed by atoms with Gasteiger partial charge in [-0.15, -0.1) is 15.8 Å². The van der Waals surface area contributed by atoms with Crippen molar-refractivity contribution in [3.05, 3.63) is 66.0 Å². The van der Waals surface area contributed by atoms with Gasteiger partial charge in [0.25, 0.3) is 0 Å². The van der Waals surface area contributed by atoms with Crippen molar-refractivity contribution in [2.24, 2.45) is 0 Å². The van der Waals surface area contributed by atoms with Crippen LogP contribution in [0.4, 0.5) is 0 Å². The van der Waals surface area contributed by atoms with Crippen LogP contribution in [0.3, 0.4) is 0 Å². The van der Waals surface area contributed by atoms with Gasteiger partial charge >= 0.3 is 5.97 Å². The van der Waals surface area contributed by atoms with Crippen molar-refractivity contribution in [2.45, 2.75) is 25.4 Å². The van der Waals surface area contributed by atoms with Crippen molar-refractivity contribution >= 4 is 38.1 Å². The minimum absolute atomic E-state index is 0.0115. The molecule has 1 heterocycles. The quantitative estimate of drug-likeness (QED) is 0.575. The average Bonchev–Trinajstić information content (AvgIpc) is 2.98. The molecular formula is C19H21ClN3O2P. The Hall–Kier alpha value is -2.41. The van der Waals surface area contributed by atoms with Gasteiger partial charge in [0.2, 0.25) is 0 Å². The van der Waals surface area contributed by atoms with Crippen LogP contribution in [-0.2, 0) is 0 Å². The van der Waals surface area contributed by atoms with Crippen molar-refractivity contribution in [1.29, 1.82) is 5.26 Å². The molecule has 2 atom stereocenters. The molecule has 1 aromatic rings. The molecule has 0 amide bonds. The molecule has 1 aromatic heterocycles. The highest BCUT2D eigenvalue weighted by Gasteiger charge is 2.18. The Morgan fingerprint density at radius 2 is 2.31 bits per heavy atom. The summed E-state index contributed by atoms with van der Waals surface area (Å²) in [6.07, 6.45) is 10.2. The number of hydrogen-bond donors (Lipinski definition) is 1. The molecule has 0 bridgehead atoms. The average molecular weight is 390 g/mol. The van der Waals surface area contributed by atoms with Crippen LogP contribution in [-0.4, -0.2) is 26.5 Å². The summed E-state index contributed by atoms with van der Waals surface area (Å²) in [6, 6.07) is 3.44. The fraction of sp³-hybridized carbons (Fsp3) is 0.211. The highest BCUT2D eigenvalue weighted by Crippen LogP contribution is 2.28. The summed E-state index contributed by atoms with van der Waals surface area (Å²) in [5, 5.41) is 21.6. The first-order valence-corrected chi connectivity index (χ1v) is 8.91. The van der Waals surface area contributed by atoms with Gasteiger partial charge in [-0.05, 0) is 30.2 Å². The number of aromatic nitrogens is 2. The molecule has 0 aromatic carbocycles. The van der Waals surface area contributed by atoms with Gasteiger partial charge < -0.3 is 5.11 Å². The van der Waals surface area contributed by atoms with Crippen molar-refractivity contribution < 1.29 is 9.90 Å². The van der Waals surface area contributed by atoms with E-state index >= 15 is 0 Å². The minimum Gasteiger partial charge on any atom is -0.476 e. The number of nitriles is 1. The van der Waals surface area contributed by atoms with Gasteiger partial charge in [-0.3, -0.25) is 0 Å². The molecule has 2 unspecified atom stereocenters. The van der Waals surface area contributed by atoms with Gasteiger partial charge in [0.05, 0.1) is 18.2 Å². The summed E-state index contributed by atoms with van der Waals surface area (Å²) in [7, 11) is 2.68. The Morgan fingerprint density at radius 3 is 2.81 bits per heavy atom. The third kappa shape index (κ3) is 6.15. The number of carboxylic acids is 1. The molecule has 26 heavy (non-hydrogen) atoms. The number of halogens is 1. The zero-order valence-corrected chi connectivity index (χ0v) is 16.4. The minimum atomic E-state index is -1.07. The number of rotatable bonds is 5. The van der Waals surface area contributed by atoms with E-state index in [4.69, 9.17) is 22.0 Å². The predicted molar refractivity (Wildman–Crippen MR) is 110 cm³/mol. The molecule has 7 heteroatoms. The lowest BCUT2D eigenvalue weighted by atomic mass is 10.1. The second-order valence-corrected chi connectivity index (χ2v) is 6.50. The Labute approximate surface area is 160 Å². The standard InChI is InChI=1S/C15H16ClN2O2P.C4H5N/c1-3-9(2)18-14(8-13(17-18)15(19)20)10-6-11(16)4-5-12(21)7-10;1-2-3-4-5/h4-8,12H,2-3,21H2,1H3,(H,19,20);2H,1,3H2. The van der Waals surface area contributed by atoms with Crippen molar-refractivity contribution in [1.82, 2.24) is 9.78 Å². The molecule has 2 rings (SSSR count). The normalized spacial score (nSPS) is 15.5. The van der Waals surface area contributed by atoms with Crippen LogP contribution in [0.25, 0.3) is 11.3 Å².